The van der Waals surface area contributed by atoms with Crippen LogP contribution in [-0.2, 0) is 0 Å². The van der Waals surface area contributed by atoms with Gasteiger partial charge < -0.3 is 15.0 Å². The molecule has 3 N–H and O–H groups in total. The van der Waals surface area contributed by atoms with Crippen LogP contribution in [0.2, 0.25) is 19.6 Å². The second-order valence-corrected chi connectivity index (χ2v) is 9.15. The van der Waals surface area contributed by atoms with E-state index in [0.717, 1.165) is 6.07 Å². The van der Waals surface area contributed by atoms with Gasteiger partial charge >= 0.3 is 11.9 Å². The first-order valence-electron chi connectivity index (χ1n) is 5.32. The Morgan fingerprint density at radius 2 is 1.50 bits per heavy atom. The van der Waals surface area contributed by atoms with Crippen LogP contribution in [0, 0.1) is 6.92 Å². The SMILES string of the molecule is C[Si](C)(C)O.Cc1ccc(C(=O)O)cc1C(=O)O. The highest BCUT2D eigenvalue weighted by atomic mass is 28.4. The molecular formula is C12H18O5Si. The quantitative estimate of drug-likeness (QED) is 0.716. The van der Waals surface area contributed by atoms with Gasteiger partial charge in [-0.25, -0.2) is 9.59 Å². The predicted octanol–water partition coefficient (Wildman–Crippen LogP) is 2.21. The van der Waals surface area contributed by atoms with Crippen LogP contribution >= 0.6 is 0 Å². The molecule has 0 spiro atoms. The highest BCUT2D eigenvalue weighted by Crippen LogP contribution is 2.11. The van der Waals surface area contributed by atoms with E-state index in [1.807, 2.05) is 19.6 Å². The van der Waals surface area contributed by atoms with E-state index in [1.54, 1.807) is 6.92 Å². The molecule has 0 aliphatic heterocycles. The van der Waals surface area contributed by atoms with Gasteiger partial charge in [0.2, 0.25) is 0 Å². The van der Waals surface area contributed by atoms with Crippen LogP contribution in [0.15, 0.2) is 18.2 Å². The minimum atomic E-state index is -1.61. The number of hydrogen-bond donors (Lipinski definition) is 3. The summed E-state index contributed by atoms with van der Waals surface area (Å²) in [4.78, 5) is 29.8. The monoisotopic (exact) mass is 270 g/mol. The molecular weight excluding hydrogens is 252 g/mol. The second kappa shape index (κ2) is 6.32. The van der Waals surface area contributed by atoms with Crippen LogP contribution < -0.4 is 0 Å². The molecule has 100 valence electrons. The van der Waals surface area contributed by atoms with Gasteiger partial charge in [-0.1, -0.05) is 6.07 Å². The van der Waals surface area contributed by atoms with Crippen molar-refractivity contribution in [1.29, 1.82) is 0 Å². The van der Waals surface area contributed by atoms with Crippen molar-refractivity contribution in [3.8, 4) is 0 Å². The van der Waals surface area contributed by atoms with Gasteiger partial charge in [0, 0.05) is 0 Å². The van der Waals surface area contributed by atoms with Crippen molar-refractivity contribution < 1.29 is 24.6 Å². The van der Waals surface area contributed by atoms with E-state index in [0.29, 0.717) is 5.56 Å². The van der Waals surface area contributed by atoms with E-state index in [1.165, 1.54) is 12.1 Å². The molecule has 0 aliphatic carbocycles. The van der Waals surface area contributed by atoms with Gasteiger partial charge in [-0.3, -0.25) is 0 Å². The van der Waals surface area contributed by atoms with Gasteiger partial charge in [0.05, 0.1) is 11.1 Å². The summed E-state index contributed by atoms with van der Waals surface area (Å²) in [5, 5.41) is 17.3. The molecule has 0 saturated carbocycles. The van der Waals surface area contributed by atoms with Crippen molar-refractivity contribution in [2.45, 2.75) is 26.6 Å². The third kappa shape index (κ3) is 6.82. The standard InChI is InChI=1S/C9H8O4.C3H10OSi/c1-5-2-3-6(8(10)11)4-7(5)9(12)13;1-5(2,3)4/h2-4H,1H3,(H,10,11)(H,12,13);4H,1-3H3. The van der Waals surface area contributed by atoms with Crippen LogP contribution in [0.1, 0.15) is 26.3 Å². The summed E-state index contributed by atoms with van der Waals surface area (Å²) in [5.41, 5.74) is 0.570. The zero-order valence-corrected chi connectivity index (χ0v) is 11.9. The highest BCUT2D eigenvalue weighted by Gasteiger charge is 2.10. The minimum absolute atomic E-state index is 0.0111. The van der Waals surface area contributed by atoms with Gasteiger partial charge in [0.25, 0.3) is 0 Å². The highest BCUT2D eigenvalue weighted by molar-refractivity contribution is 6.68. The molecule has 0 fully saturated rings. The lowest BCUT2D eigenvalue weighted by Gasteiger charge is -2.01. The maximum absolute atomic E-state index is 10.6. The summed E-state index contributed by atoms with van der Waals surface area (Å²) >= 11 is 0. The molecule has 0 unspecified atom stereocenters. The van der Waals surface area contributed by atoms with Crippen molar-refractivity contribution in [2.24, 2.45) is 0 Å². The minimum Gasteiger partial charge on any atom is -0.478 e. The van der Waals surface area contributed by atoms with Gasteiger partial charge in [0.15, 0.2) is 8.32 Å². The molecule has 5 nitrogen and oxygen atoms in total. The fourth-order valence-corrected chi connectivity index (χ4v) is 0.985. The largest absolute Gasteiger partial charge is 0.478 e. The normalized spacial score (nSPS) is 10.3. The Morgan fingerprint density at radius 1 is 1.06 bits per heavy atom. The summed E-state index contributed by atoms with van der Waals surface area (Å²) < 4.78 is 0. The Morgan fingerprint density at radius 3 is 1.83 bits per heavy atom. The van der Waals surface area contributed by atoms with Crippen molar-refractivity contribution >= 4 is 20.3 Å². The maximum atomic E-state index is 10.6. The number of hydrogen-bond acceptors (Lipinski definition) is 3. The second-order valence-electron chi connectivity index (χ2n) is 4.81. The summed E-state index contributed by atoms with van der Waals surface area (Å²) in [6, 6.07) is 4.01. The van der Waals surface area contributed by atoms with Crippen LogP contribution in [0.5, 0.6) is 0 Å². The topological polar surface area (TPSA) is 94.8 Å². The number of carboxylic acids is 2. The molecule has 18 heavy (non-hydrogen) atoms. The molecule has 0 aromatic heterocycles. The van der Waals surface area contributed by atoms with E-state index in [9.17, 15) is 9.59 Å². The Balaban J connectivity index is 0.000000494. The van der Waals surface area contributed by atoms with E-state index in [2.05, 4.69) is 0 Å². The van der Waals surface area contributed by atoms with Gasteiger partial charge in [0.1, 0.15) is 0 Å². The molecule has 0 atom stereocenters. The molecule has 0 aliphatic rings. The molecule has 0 radical (unpaired) electrons. The van der Waals surface area contributed by atoms with Crippen molar-refractivity contribution in [2.75, 3.05) is 0 Å². The lowest BCUT2D eigenvalue weighted by molar-refractivity contribution is 0.0695. The Hall–Kier alpha value is -1.66. The van der Waals surface area contributed by atoms with Gasteiger partial charge in [-0.05, 0) is 44.3 Å². The van der Waals surface area contributed by atoms with Gasteiger partial charge in [-0.2, -0.15) is 0 Å². The number of aromatic carboxylic acids is 2. The van der Waals surface area contributed by atoms with E-state index in [-0.39, 0.29) is 11.1 Å². The molecule has 6 heteroatoms. The summed E-state index contributed by atoms with van der Waals surface area (Å²) in [5.74, 6) is -2.23. The first-order chi connectivity index (χ1) is 8.02. The molecule has 0 amide bonds. The van der Waals surface area contributed by atoms with Crippen LogP contribution in [0.3, 0.4) is 0 Å². The Kier molecular flexibility index (Phi) is 5.73. The zero-order valence-electron chi connectivity index (χ0n) is 10.9. The molecule has 0 bridgehead atoms. The lowest BCUT2D eigenvalue weighted by atomic mass is 10.1. The number of benzene rings is 1. The number of carboxylic acid groups (broad SMARTS) is 2. The maximum Gasteiger partial charge on any atom is 0.335 e. The Labute approximate surface area is 107 Å². The van der Waals surface area contributed by atoms with Crippen molar-refractivity contribution in [3.63, 3.8) is 0 Å². The van der Waals surface area contributed by atoms with Gasteiger partial charge in [-0.15, -0.1) is 0 Å². The molecule has 0 saturated heterocycles. The van der Waals surface area contributed by atoms with Crippen LogP contribution in [-0.4, -0.2) is 35.3 Å². The first kappa shape index (κ1) is 16.3. The Bertz CT molecular complexity index is 442. The van der Waals surface area contributed by atoms with E-state index >= 15 is 0 Å². The fourth-order valence-electron chi connectivity index (χ4n) is 0.985. The molecule has 0 heterocycles. The molecule has 1 aromatic rings. The fraction of sp³-hybridized carbons (Fsp3) is 0.333. The van der Waals surface area contributed by atoms with Crippen LogP contribution in [0.25, 0.3) is 0 Å². The van der Waals surface area contributed by atoms with Crippen LogP contribution in [0.4, 0.5) is 0 Å². The van der Waals surface area contributed by atoms with Crippen molar-refractivity contribution in [3.05, 3.63) is 34.9 Å². The van der Waals surface area contributed by atoms with Crippen molar-refractivity contribution in [1.82, 2.24) is 0 Å². The first-order valence-corrected chi connectivity index (χ1v) is 8.76. The average molecular weight is 270 g/mol. The number of carbonyl (C=O) groups is 2. The summed E-state index contributed by atoms with van der Waals surface area (Å²) in [7, 11) is -1.61. The number of rotatable bonds is 2. The number of aryl methyl sites for hydroxylation is 1. The molecule has 1 aromatic carbocycles. The molecule has 1 rings (SSSR count). The van der Waals surface area contributed by atoms with E-state index in [4.69, 9.17) is 15.0 Å². The third-order valence-electron chi connectivity index (χ3n) is 1.71. The predicted molar refractivity (Wildman–Crippen MR) is 70.7 cm³/mol. The third-order valence-corrected chi connectivity index (χ3v) is 1.71. The zero-order chi connectivity index (χ0) is 14.5. The summed E-state index contributed by atoms with van der Waals surface area (Å²) in [6.07, 6.45) is 0. The van der Waals surface area contributed by atoms with E-state index < -0.39 is 20.3 Å². The lowest BCUT2D eigenvalue weighted by Crippen LogP contribution is -2.17. The average Bonchev–Trinajstić information content (AvgIpc) is 2.14. The smallest absolute Gasteiger partial charge is 0.335 e. The summed E-state index contributed by atoms with van der Waals surface area (Å²) in [6.45, 7) is 7.27.